The third kappa shape index (κ3) is 1.29. The highest BCUT2D eigenvalue weighted by Gasteiger charge is 2.39. The van der Waals surface area contributed by atoms with Gasteiger partial charge in [0.05, 0.1) is 17.0 Å². The first kappa shape index (κ1) is 9.28. The highest BCUT2D eigenvalue weighted by molar-refractivity contribution is 8.01. The number of nitrogens with zero attached hydrogens (tertiary/aromatic N) is 2. The Bertz CT molecular complexity index is 437. The fourth-order valence-corrected chi connectivity index (χ4v) is 3.53. The van der Waals surface area contributed by atoms with E-state index in [-0.39, 0.29) is 4.75 Å². The molecule has 0 spiro atoms. The van der Waals surface area contributed by atoms with E-state index < -0.39 is 0 Å². The number of aliphatic imine (C=N–C) groups is 1. The average molecular weight is 218 g/mol. The minimum atomic E-state index is 0.116. The Balaban J connectivity index is 2.17. The topological polar surface area (TPSA) is 15.6 Å². The lowest BCUT2D eigenvalue weighted by Crippen LogP contribution is -2.43. The average Bonchev–Trinajstić information content (AvgIpc) is 2.66. The van der Waals surface area contributed by atoms with Crippen LogP contribution in [-0.4, -0.2) is 23.7 Å². The molecular formula is C12H14N2S. The maximum absolute atomic E-state index is 4.63. The number of thioether (sulfide) groups is 1. The Kier molecular flexibility index (Phi) is 1.87. The van der Waals surface area contributed by atoms with Gasteiger partial charge in [0.1, 0.15) is 5.84 Å². The summed E-state index contributed by atoms with van der Waals surface area (Å²) in [5.41, 5.74) is 1.33. The minimum absolute atomic E-state index is 0.116. The Hall–Kier alpha value is -0.960. The lowest BCUT2D eigenvalue weighted by molar-refractivity contribution is 0.901. The molecule has 2 heterocycles. The number of para-hydroxylation sites is 1. The van der Waals surface area contributed by atoms with Crippen LogP contribution >= 0.6 is 11.8 Å². The predicted molar refractivity (Wildman–Crippen MR) is 66.0 cm³/mol. The summed E-state index contributed by atoms with van der Waals surface area (Å²) in [6.07, 6.45) is 0. The molecule has 0 saturated heterocycles. The number of rotatable bonds is 0. The summed E-state index contributed by atoms with van der Waals surface area (Å²) in [5, 5.41) is 0. The molecule has 0 unspecified atom stereocenters. The van der Waals surface area contributed by atoms with Crippen LogP contribution in [-0.2, 0) is 0 Å². The zero-order chi connectivity index (χ0) is 10.5. The van der Waals surface area contributed by atoms with Gasteiger partial charge in [-0.2, -0.15) is 0 Å². The van der Waals surface area contributed by atoms with Gasteiger partial charge in [0.15, 0.2) is 0 Å². The van der Waals surface area contributed by atoms with Crippen molar-refractivity contribution in [3.63, 3.8) is 0 Å². The van der Waals surface area contributed by atoms with E-state index in [0.29, 0.717) is 0 Å². The van der Waals surface area contributed by atoms with E-state index in [2.05, 4.69) is 48.0 Å². The van der Waals surface area contributed by atoms with Gasteiger partial charge in [0.2, 0.25) is 0 Å². The monoisotopic (exact) mass is 218 g/mol. The summed E-state index contributed by atoms with van der Waals surface area (Å²) in [7, 11) is 0. The van der Waals surface area contributed by atoms with Gasteiger partial charge in [-0.25, -0.2) is 0 Å². The molecule has 0 amide bonds. The van der Waals surface area contributed by atoms with Crippen molar-refractivity contribution in [1.82, 2.24) is 0 Å². The van der Waals surface area contributed by atoms with E-state index in [1.807, 2.05) is 11.8 Å². The van der Waals surface area contributed by atoms with Gasteiger partial charge in [-0.3, -0.25) is 4.99 Å². The molecule has 1 aromatic rings. The SMILES string of the molecule is CC1(C)Sc2ccccc2N2CCN=C21. The molecule has 3 heteroatoms. The fraction of sp³-hybridized carbons (Fsp3) is 0.417. The molecule has 0 atom stereocenters. The van der Waals surface area contributed by atoms with Crippen LogP contribution in [0.3, 0.4) is 0 Å². The molecule has 2 nitrogen and oxygen atoms in total. The largest absolute Gasteiger partial charge is 0.326 e. The van der Waals surface area contributed by atoms with Gasteiger partial charge in [0, 0.05) is 11.4 Å². The standard InChI is InChI=1S/C12H14N2S/c1-12(2)11-13-7-8-14(11)9-5-3-4-6-10(9)15-12/h3-6H,7-8H2,1-2H3. The number of amidine groups is 1. The number of anilines is 1. The summed E-state index contributed by atoms with van der Waals surface area (Å²) in [5.74, 6) is 1.24. The molecule has 15 heavy (non-hydrogen) atoms. The van der Waals surface area contributed by atoms with E-state index in [1.165, 1.54) is 16.4 Å². The van der Waals surface area contributed by atoms with Crippen LogP contribution in [0.5, 0.6) is 0 Å². The van der Waals surface area contributed by atoms with Gasteiger partial charge >= 0.3 is 0 Å². The predicted octanol–water partition coefficient (Wildman–Crippen LogP) is 2.79. The van der Waals surface area contributed by atoms with Crippen molar-refractivity contribution in [3.05, 3.63) is 24.3 Å². The zero-order valence-electron chi connectivity index (χ0n) is 9.03. The Morgan fingerprint density at radius 2 is 2.13 bits per heavy atom. The smallest absolute Gasteiger partial charge is 0.120 e. The van der Waals surface area contributed by atoms with Gasteiger partial charge in [0.25, 0.3) is 0 Å². The molecule has 0 aromatic heterocycles. The minimum Gasteiger partial charge on any atom is -0.326 e. The summed E-state index contributed by atoms with van der Waals surface area (Å²) >= 11 is 1.92. The lowest BCUT2D eigenvalue weighted by Gasteiger charge is -2.38. The zero-order valence-corrected chi connectivity index (χ0v) is 9.84. The van der Waals surface area contributed by atoms with Crippen LogP contribution in [0.15, 0.2) is 34.2 Å². The third-order valence-electron chi connectivity index (χ3n) is 2.90. The second-order valence-corrected chi connectivity index (χ2v) is 6.10. The van der Waals surface area contributed by atoms with E-state index in [4.69, 9.17) is 0 Å². The molecular weight excluding hydrogens is 204 g/mol. The van der Waals surface area contributed by atoms with E-state index in [0.717, 1.165) is 13.1 Å². The van der Waals surface area contributed by atoms with Crippen LogP contribution in [0.25, 0.3) is 0 Å². The third-order valence-corrected chi connectivity index (χ3v) is 4.16. The highest BCUT2D eigenvalue weighted by Crippen LogP contribution is 2.46. The van der Waals surface area contributed by atoms with Crippen molar-refractivity contribution < 1.29 is 0 Å². The van der Waals surface area contributed by atoms with Crippen LogP contribution in [0, 0.1) is 0 Å². The number of hydrogen-bond acceptors (Lipinski definition) is 3. The molecule has 0 fully saturated rings. The van der Waals surface area contributed by atoms with Gasteiger partial charge < -0.3 is 4.90 Å². The highest BCUT2D eigenvalue weighted by atomic mass is 32.2. The van der Waals surface area contributed by atoms with Crippen molar-refractivity contribution in [3.8, 4) is 0 Å². The molecule has 0 saturated carbocycles. The van der Waals surface area contributed by atoms with Crippen molar-refractivity contribution in [2.45, 2.75) is 23.5 Å². The first-order valence-electron chi connectivity index (χ1n) is 5.29. The number of benzene rings is 1. The van der Waals surface area contributed by atoms with Crippen LogP contribution in [0.4, 0.5) is 5.69 Å². The molecule has 0 aliphatic carbocycles. The number of fused-ring (bicyclic) bond motifs is 3. The molecule has 0 N–H and O–H groups in total. The van der Waals surface area contributed by atoms with E-state index >= 15 is 0 Å². The van der Waals surface area contributed by atoms with Gasteiger partial charge in [-0.1, -0.05) is 12.1 Å². The summed E-state index contributed by atoms with van der Waals surface area (Å²) < 4.78 is 0.116. The Morgan fingerprint density at radius 3 is 3.00 bits per heavy atom. The molecule has 2 aliphatic heterocycles. The quantitative estimate of drug-likeness (QED) is 0.665. The molecule has 0 radical (unpaired) electrons. The molecule has 78 valence electrons. The van der Waals surface area contributed by atoms with Crippen LogP contribution in [0.1, 0.15) is 13.8 Å². The fourth-order valence-electron chi connectivity index (χ4n) is 2.28. The Morgan fingerprint density at radius 1 is 1.33 bits per heavy atom. The van der Waals surface area contributed by atoms with Crippen LogP contribution in [0.2, 0.25) is 0 Å². The second-order valence-electron chi connectivity index (χ2n) is 4.44. The Labute approximate surface area is 94.4 Å². The summed E-state index contributed by atoms with van der Waals surface area (Å²) in [6.45, 7) is 6.49. The van der Waals surface area contributed by atoms with Crippen LogP contribution < -0.4 is 4.90 Å². The van der Waals surface area contributed by atoms with Crippen molar-refractivity contribution in [2.24, 2.45) is 4.99 Å². The van der Waals surface area contributed by atoms with Gasteiger partial charge in [-0.15, -0.1) is 11.8 Å². The second kappa shape index (κ2) is 3.01. The first-order valence-corrected chi connectivity index (χ1v) is 6.11. The van der Waals surface area contributed by atoms with Crippen molar-refractivity contribution in [2.75, 3.05) is 18.0 Å². The van der Waals surface area contributed by atoms with Crippen molar-refractivity contribution in [1.29, 1.82) is 0 Å². The maximum atomic E-state index is 4.63. The maximum Gasteiger partial charge on any atom is 0.120 e. The van der Waals surface area contributed by atoms with E-state index in [1.54, 1.807) is 0 Å². The molecule has 1 aromatic carbocycles. The first-order chi connectivity index (χ1) is 7.18. The van der Waals surface area contributed by atoms with E-state index in [9.17, 15) is 0 Å². The molecule has 3 rings (SSSR count). The molecule has 0 bridgehead atoms. The van der Waals surface area contributed by atoms with Gasteiger partial charge in [-0.05, 0) is 26.0 Å². The molecule has 2 aliphatic rings. The van der Waals surface area contributed by atoms with Crippen molar-refractivity contribution >= 4 is 23.3 Å². The normalized spacial score (nSPS) is 22.0. The summed E-state index contributed by atoms with van der Waals surface area (Å²) in [6, 6.07) is 8.61. The summed E-state index contributed by atoms with van der Waals surface area (Å²) in [4.78, 5) is 8.38. The number of hydrogen-bond donors (Lipinski definition) is 0. The lowest BCUT2D eigenvalue weighted by atomic mass is 10.1.